The molecule has 0 heterocycles. The summed E-state index contributed by atoms with van der Waals surface area (Å²) in [6.07, 6.45) is 76.8. The fraction of sp³-hybridized carbons (Fsp3) is 0.769. The second kappa shape index (κ2) is 59.4. The molecule has 0 saturated heterocycles. The first-order valence-electron chi connectivity index (χ1n) is 30.4. The number of unbranched alkanes of at least 4 members (excludes halogenated alkanes) is 32. The Bertz CT molecular complexity index is 1320. The first kappa shape index (κ1) is 67.8. The lowest BCUT2D eigenvalue weighted by molar-refractivity contribution is -0.167. The van der Waals surface area contributed by atoms with E-state index < -0.39 is 6.10 Å². The monoisotopic (exact) mass is 991 g/mol. The van der Waals surface area contributed by atoms with Crippen molar-refractivity contribution in [1.82, 2.24) is 0 Å². The summed E-state index contributed by atoms with van der Waals surface area (Å²) in [6.45, 7) is 6.43. The van der Waals surface area contributed by atoms with Gasteiger partial charge in [0.25, 0.3) is 0 Å². The number of ether oxygens (including phenoxy) is 3. The second-order valence-corrected chi connectivity index (χ2v) is 20.2. The Balaban J connectivity index is 3.92. The molecule has 0 aliphatic rings. The smallest absolute Gasteiger partial charge is 0.306 e. The van der Waals surface area contributed by atoms with E-state index in [-0.39, 0.29) is 31.1 Å². The highest BCUT2D eigenvalue weighted by molar-refractivity contribution is 5.71. The third-order valence-corrected chi connectivity index (χ3v) is 13.2. The Kier molecular flexibility index (Phi) is 56.8. The van der Waals surface area contributed by atoms with E-state index in [4.69, 9.17) is 14.2 Å². The average Bonchev–Trinajstić information content (AvgIpc) is 3.37. The molecule has 0 rings (SSSR count). The molecule has 0 aromatic carbocycles. The number of carbonyl (C=O) groups is 3. The SMILES string of the molecule is CC/C=C\C/C=C\C/C=C\C/C=C\CCCCCCCCCCCCCCCCCCCCCCC(=O)OCC(COC(=O)CCCCCCC)OC(=O)CCCCCCC/C=C\C/C=C\CCCCC. The number of esters is 3. The Hall–Kier alpha value is -3.15. The maximum atomic E-state index is 12.8. The molecular weight excluding hydrogens is 877 g/mol. The van der Waals surface area contributed by atoms with Crippen LogP contribution < -0.4 is 0 Å². The van der Waals surface area contributed by atoms with E-state index in [2.05, 4.69) is 93.7 Å². The quantitative estimate of drug-likeness (QED) is 0.0261. The first-order valence-corrected chi connectivity index (χ1v) is 30.4. The first-order chi connectivity index (χ1) is 35.0. The Labute approximate surface area is 440 Å². The zero-order valence-electron chi connectivity index (χ0n) is 47.0. The van der Waals surface area contributed by atoms with Crippen LogP contribution in [0.3, 0.4) is 0 Å². The third kappa shape index (κ3) is 57.6. The molecule has 1 unspecified atom stereocenters. The molecular formula is C65H114O6. The zero-order chi connectivity index (χ0) is 51.4. The van der Waals surface area contributed by atoms with Gasteiger partial charge in [-0.05, 0) is 89.9 Å². The van der Waals surface area contributed by atoms with Gasteiger partial charge in [-0.25, -0.2) is 0 Å². The van der Waals surface area contributed by atoms with Gasteiger partial charge in [0.2, 0.25) is 0 Å². The van der Waals surface area contributed by atoms with Crippen molar-refractivity contribution in [2.45, 2.75) is 309 Å². The van der Waals surface area contributed by atoms with Crippen molar-refractivity contribution in [3.05, 3.63) is 72.9 Å². The minimum absolute atomic E-state index is 0.0776. The fourth-order valence-electron chi connectivity index (χ4n) is 8.64. The maximum Gasteiger partial charge on any atom is 0.306 e. The standard InChI is InChI=1S/C65H114O6/c1-4-7-10-13-15-17-19-21-23-24-25-26-27-28-29-30-31-32-33-34-35-36-37-38-39-40-42-43-45-47-49-52-55-58-64(67)70-61-62(60-69-63(66)57-54-51-12-9-6-3)71-65(68)59-56-53-50-48-46-44-41-22-20-18-16-14-11-8-5-2/h7,10,15-18,21-23,25-26,41,62H,4-6,8-9,11-14,19-20,24,27-40,42-61H2,1-3H3/b10-7-,17-15-,18-16-,23-21-,26-25-,41-22-. The van der Waals surface area contributed by atoms with Crippen molar-refractivity contribution in [3.63, 3.8) is 0 Å². The molecule has 0 saturated carbocycles. The number of carbonyl (C=O) groups excluding carboxylic acids is 3. The molecule has 0 radical (unpaired) electrons. The van der Waals surface area contributed by atoms with Crippen LogP contribution in [0.4, 0.5) is 0 Å². The molecule has 71 heavy (non-hydrogen) atoms. The van der Waals surface area contributed by atoms with E-state index in [1.54, 1.807) is 0 Å². The summed E-state index contributed by atoms with van der Waals surface area (Å²) in [5.41, 5.74) is 0. The average molecular weight is 992 g/mol. The van der Waals surface area contributed by atoms with E-state index in [0.29, 0.717) is 19.3 Å². The predicted octanol–water partition coefficient (Wildman–Crippen LogP) is 20.5. The summed E-state index contributed by atoms with van der Waals surface area (Å²) in [6, 6.07) is 0. The molecule has 0 fully saturated rings. The van der Waals surface area contributed by atoms with Crippen LogP contribution >= 0.6 is 0 Å². The van der Waals surface area contributed by atoms with Crippen LogP contribution in [-0.2, 0) is 28.6 Å². The molecule has 6 nitrogen and oxygen atoms in total. The van der Waals surface area contributed by atoms with E-state index in [0.717, 1.165) is 116 Å². The van der Waals surface area contributed by atoms with Gasteiger partial charge in [0, 0.05) is 19.3 Å². The highest BCUT2D eigenvalue weighted by Gasteiger charge is 2.19. The van der Waals surface area contributed by atoms with Crippen LogP contribution in [0, 0.1) is 0 Å². The molecule has 0 spiro atoms. The minimum atomic E-state index is -0.776. The Morgan fingerprint density at radius 1 is 0.296 bits per heavy atom. The van der Waals surface area contributed by atoms with Crippen LogP contribution in [0.2, 0.25) is 0 Å². The highest BCUT2D eigenvalue weighted by Crippen LogP contribution is 2.17. The van der Waals surface area contributed by atoms with Crippen molar-refractivity contribution in [1.29, 1.82) is 0 Å². The van der Waals surface area contributed by atoms with Gasteiger partial charge in [-0.2, -0.15) is 0 Å². The maximum absolute atomic E-state index is 12.8. The molecule has 0 aromatic heterocycles. The zero-order valence-corrected chi connectivity index (χ0v) is 47.0. The van der Waals surface area contributed by atoms with Gasteiger partial charge >= 0.3 is 17.9 Å². The van der Waals surface area contributed by atoms with Gasteiger partial charge in [-0.15, -0.1) is 0 Å². The van der Waals surface area contributed by atoms with Gasteiger partial charge in [-0.3, -0.25) is 14.4 Å². The molecule has 0 aromatic rings. The normalized spacial score (nSPS) is 12.5. The fourth-order valence-corrected chi connectivity index (χ4v) is 8.64. The lowest BCUT2D eigenvalue weighted by Gasteiger charge is -2.18. The van der Waals surface area contributed by atoms with E-state index in [9.17, 15) is 14.4 Å². The topological polar surface area (TPSA) is 78.9 Å². The molecule has 0 aliphatic heterocycles. The van der Waals surface area contributed by atoms with Crippen molar-refractivity contribution < 1.29 is 28.6 Å². The molecule has 0 bridgehead atoms. The van der Waals surface area contributed by atoms with E-state index in [1.165, 1.54) is 148 Å². The lowest BCUT2D eigenvalue weighted by atomic mass is 10.0. The molecule has 0 amide bonds. The van der Waals surface area contributed by atoms with Gasteiger partial charge in [0.05, 0.1) is 0 Å². The van der Waals surface area contributed by atoms with Crippen LogP contribution in [0.25, 0.3) is 0 Å². The molecule has 410 valence electrons. The second-order valence-electron chi connectivity index (χ2n) is 20.2. The third-order valence-electron chi connectivity index (χ3n) is 13.2. The lowest BCUT2D eigenvalue weighted by Crippen LogP contribution is -2.30. The minimum Gasteiger partial charge on any atom is -0.462 e. The van der Waals surface area contributed by atoms with Crippen molar-refractivity contribution in [3.8, 4) is 0 Å². The van der Waals surface area contributed by atoms with E-state index in [1.807, 2.05) is 0 Å². The molecule has 0 aliphatic carbocycles. The largest absolute Gasteiger partial charge is 0.462 e. The Morgan fingerprint density at radius 3 is 0.887 bits per heavy atom. The highest BCUT2D eigenvalue weighted by atomic mass is 16.6. The van der Waals surface area contributed by atoms with E-state index >= 15 is 0 Å². The summed E-state index contributed by atoms with van der Waals surface area (Å²) in [5, 5.41) is 0. The van der Waals surface area contributed by atoms with Crippen LogP contribution in [0.1, 0.15) is 303 Å². The number of rotatable bonds is 55. The predicted molar refractivity (Wildman–Crippen MR) is 307 cm³/mol. The summed E-state index contributed by atoms with van der Waals surface area (Å²) < 4.78 is 16.7. The van der Waals surface area contributed by atoms with Crippen molar-refractivity contribution >= 4 is 17.9 Å². The Morgan fingerprint density at radius 2 is 0.549 bits per heavy atom. The molecule has 0 N–H and O–H groups in total. The van der Waals surface area contributed by atoms with Gasteiger partial charge in [0.15, 0.2) is 6.10 Å². The number of hydrogen-bond acceptors (Lipinski definition) is 6. The summed E-state index contributed by atoms with van der Waals surface area (Å²) in [4.78, 5) is 37.8. The van der Waals surface area contributed by atoms with Crippen molar-refractivity contribution in [2.24, 2.45) is 0 Å². The van der Waals surface area contributed by atoms with Gasteiger partial charge in [0.1, 0.15) is 13.2 Å². The van der Waals surface area contributed by atoms with Gasteiger partial charge < -0.3 is 14.2 Å². The molecule has 6 heteroatoms. The number of allylic oxidation sites excluding steroid dienone is 12. The van der Waals surface area contributed by atoms with Crippen molar-refractivity contribution in [2.75, 3.05) is 13.2 Å². The van der Waals surface area contributed by atoms with Crippen LogP contribution in [-0.4, -0.2) is 37.2 Å². The summed E-state index contributed by atoms with van der Waals surface area (Å²) in [7, 11) is 0. The number of hydrogen-bond donors (Lipinski definition) is 0. The summed E-state index contributed by atoms with van der Waals surface area (Å²) in [5.74, 6) is -0.896. The summed E-state index contributed by atoms with van der Waals surface area (Å²) >= 11 is 0. The van der Waals surface area contributed by atoms with Gasteiger partial charge in [-0.1, -0.05) is 267 Å². The van der Waals surface area contributed by atoms with Crippen LogP contribution in [0.15, 0.2) is 72.9 Å². The van der Waals surface area contributed by atoms with Crippen LogP contribution in [0.5, 0.6) is 0 Å². The molecule has 1 atom stereocenters.